The molecule has 0 radical (unpaired) electrons. The van der Waals surface area contributed by atoms with Crippen LogP contribution in [0.15, 0.2) is 12.1 Å². The first-order valence-corrected chi connectivity index (χ1v) is 4.15. The summed E-state index contributed by atoms with van der Waals surface area (Å²) in [6.45, 7) is 0.382. The van der Waals surface area contributed by atoms with E-state index >= 15 is 0 Å². The van der Waals surface area contributed by atoms with Gasteiger partial charge in [0.2, 0.25) is 0 Å². The number of rotatable bonds is 4. The minimum atomic E-state index is 0.110. The van der Waals surface area contributed by atoms with Crippen molar-refractivity contribution in [3.8, 4) is 17.2 Å². The van der Waals surface area contributed by atoms with Crippen molar-refractivity contribution in [2.45, 2.75) is 6.61 Å². The maximum absolute atomic E-state index is 9.35. The molecule has 0 saturated carbocycles. The minimum Gasteiger partial charge on any atom is -0.508 e. The van der Waals surface area contributed by atoms with Gasteiger partial charge in [-0.2, -0.15) is 0 Å². The number of ether oxygens (including phenoxy) is 3. The molecule has 0 heterocycles. The van der Waals surface area contributed by atoms with Crippen molar-refractivity contribution in [3.05, 3.63) is 17.7 Å². The van der Waals surface area contributed by atoms with E-state index in [1.807, 2.05) is 0 Å². The molecule has 0 fully saturated rings. The Morgan fingerprint density at radius 3 is 1.93 bits per heavy atom. The lowest BCUT2D eigenvalue weighted by molar-refractivity contribution is 0.178. The van der Waals surface area contributed by atoms with Crippen LogP contribution >= 0.6 is 0 Å². The first kappa shape index (κ1) is 10.7. The molecule has 0 spiro atoms. The Labute approximate surface area is 83.0 Å². The number of benzene rings is 1. The molecule has 0 amide bonds. The number of hydrogen-bond donors (Lipinski definition) is 1. The largest absolute Gasteiger partial charge is 0.508 e. The van der Waals surface area contributed by atoms with E-state index in [9.17, 15) is 5.11 Å². The van der Waals surface area contributed by atoms with Crippen LogP contribution in [0.4, 0.5) is 0 Å². The molecular formula is C10H14O4. The Bertz CT molecular complexity index is 284. The number of phenolic OH excluding ortho intramolecular Hbond substituents is 1. The monoisotopic (exact) mass is 198 g/mol. The first-order valence-electron chi connectivity index (χ1n) is 4.15. The van der Waals surface area contributed by atoms with Crippen LogP contribution in [0, 0.1) is 0 Å². The van der Waals surface area contributed by atoms with E-state index < -0.39 is 0 Å². The van der Waals surface area contributed by atoms with Crippen LogP contribution in [0.2, 0.25) is 0 Å². The van der Waals surface area contributed by atoms with E-state index in [4.69, 9.17) is 14.2 Å². The first-order chi connectivity index (χ1) is 6.72. The highest BCUT2D eigenvalue weighted by atomic mass is 16.5. The van der Waals surface area contributed by atoms with Crippen LogP contribution in [-0.2, 0) is 11.3 Å². The number of methoxy groups -OCH3 is 3. The molecule has 0 aliphatic carbocycles. The van der Waals surface area contributed by atoms with Crippen LogP contribution in [0.25, 0.3) is 0 Å². The second-order valence-electron chi connectivity index (χ2n) is 2.76. The molecular weight excluding hydrogens is 184 g/mol. The van der Waals surface area contributed by atoms with E-state index in [1.165, 1.54) is 26.4 Å². The second-order valence-corrected chi connectivity index (χ2v) is 2.76. The Hall–Kier alpha value is -1.42. The van der Waals surface area contributed by atoms with Crippen molar-refractivity contribution < 1.29 is 19.3 Å². The van der Waals surface area contributed by atoms with Gasteiger partial charge in [-0.3, -0.25) is 0 Å². The molecule has 0 unspecified atom stereocenters. The maximum Gasteiger partial charge on any atom is 0.131 e. The molecule has 1 aromatic rings. The fourth-order valence-electron chi connectivity index (χ4n) is 1.26. The van der Waals surface area contributed by atoms with Crippen molar-refractivity contribution in [1.29, 1.82) is 0 Å². The van der Waals surface area contributed by atoms with Crippen LogP contribution in [0.1, 0.15) is 5.56 Å². The summed E-state index contributed by atoms with van der Waals surface area (Å²) in [4.78, 5) is 0. The summed E-state index contributed by atoms with van der Waals surface area (Å²) < 4.78 is 15.2. The van der Waals surface area contributed by atoms with Gasteiger partial charge in [0, 0.05) is 19.2 Å². The number of phenols is 1. The Morgan fingerprint density at radius 2 is 1.57 bits per heavy atom. The fourth-order valence-corrected chi connectivity index (χ4v) is 1.26. The number of aromatic hydroxyl groups is 1. The Morgan fingerprint density at radius 1 is 1.07 bits per heavy atom. The smallest absolute Gasteiger partial charge is 0.131 e. The van der Waals surface area contributed by atoms with Gasteiger partial charge in [0.05, 0.1) is 26.4 Å². The molecule has 78 valence electrons. The van der Waals surface area contributed by atoms with E-state index in [-0.39, 0.29) is 5.75 Å². The average molecular weight is 198 g/mol. The van der Waals surface area contributed by atoms with Crippen molar-refractivity contribution in [3.63, 3.8) is 0 Å². The van der Waals surface area contributed by atoms with E-state index in [0.29, 0.717) is 18.1 Å². The zero-order chi connectivity index (χ0) is 10.6. The van der Waals surface area contributed by atoms with Gasteiger partial charge in [-0.25, -0.2) is 0 Å². The van der Waals surface area contributed by atoms with Gasteiger partial charge in [-0.05, 0) is 0 Å². The summed E-state index contributed by atoms with van der Waals surface area (Å²) in [7, 11) is 4.66. The van der Waals surface area contributed by atoms with Gasteiger partial charge in [0.25, 0.3) is 0 Å². The molecule has 1 N–H and O–H groups in total. The lowest BCUT2D eigenvalue weighted by Crippen LogP contribution is -1.98. The zero-order valence-electron chi connectivity index (χ0n) is 8.53. The van der Waals surface area contributed by atoms with Crippen molar-refractivity contribution in [1.82, 2.24) is 0 Å². The summed E-state index contributed by atoms with van der Waals surface area (Å²) in [6.07, 6.45) is 0. The molecule has 0 atom stereocenters. The van der Waals surface area contributed by atoms with E-state index in [1.54, 1.807) is 7.11 Å². The van der Waals surface area contributed by atoms with Crippen molar-refractivity contribution >= 4 is 0 Å². The molecule has 14 heavy (non-hydrogen) atoms. The summed E-state index contributed by atoms with van der Waals surface area (Å²) in [5.41, 5.74) is 0.787. The highest BCUT2D eigenvalue weighted by molar-refractivity contribution is 5.49. The topological polar surface area (TPSA) is 47.9 Å². The summed E-state index contributed by atoms with van der Waals surface area (Å²) in [5, 5.41) is 9.35. The molecule has 0 saturated heterocycles. The van der Waals surface area contributed by atoms with E-state index in [0.717, 1.165) is 5.56 Å². The summed E-state index contributed by atoms with van der Waals surface area (Å²) >= 11 is 0. The summed E-state index contributed by atoms with van der Waals surface area (Å²) in [6, 6.07) is 3.05. The predicted molar refractivity (Wildman–Crippen MR) is 51.9 cm³/mol. The average Bonchev–Trinajstić information content (AvgIpc) is 2.20. The van der Waals surface area contributed by atoms with Crippen LogP contribution < -0.4 is 9.47 Å². The quantitative estimate of drug-likeness (QED) is 0.797. The van der Waals surface area contributed by atoms with Gasteiger partial charge >= 0.3 is 0 Å². The third-order valence-corrected chi connectivity index (χ3v) is 1.88. The van der Waals surface area contributed by atoms with Gasteiger partial charge in [-0.15, -0.1) is 0 Å². The number of hydrogen-bond acceptors (Lipinski definition) is 4. The van der Waals surface area contributed by atoms with Crippen molar-refractivity contribution in [2.75, 3.05) is 21.3 Å². The fraction of sp³-hybridized carbons (Fsp3) is 0.400. The molecule has 1 rings (SSSR count). The molecule has 0 aliphatic heterocycles. The van der Waals surface area contributed by atoms with Crippen molar-refractivity contribution in [2.24, 2.45) is 0 Å². The lowest BCUT2D eigenvalue weighted by atomic mass is 10.1. The zero-order valence-corrected chi connectivity index (χ0v) is 8.53. The molecule has 4 heteroatoms. The summed E-state index contributed by atoms with van der Waals surface area (Å²) in [5.74, 6) is 1.23. The normalized spacial score (nSPS) is 9.93. The second kappa shape index (κ2) is 4.72. The third-order valence-electron chi connectivity index (χ3n) is 1.88. The molecule has 0 aliphatic rings. The SMILES string of the molecule is COCc1c(OC)cc(O)cc1OC. The van der Waals surface area contributed by atoms with Gasteiger partial charge in [0.15, 0.2) is 0 Å². The van der Waals surface area contributed by atoms with Gasteiger partial charge in [-0.1, -0.05) is 0 Å². The predicted octanol–water partition coefficient (Wildman–Crippen LogP) is 1.56. The Balaban J connectivity index is 3.18. The standard InChI is InChI=1S/C10H14O4/c1-12-6-8-9(13-2)4-7(11)5-10(8)14-3/h4-5,11H,6H2,1-3H3. The Kier molecular flexibility index (Phi) is 3.59. The lowest BCUT2D eigenvalue weighted by Gasteiger charge is -2.12. The highest BCUT2D eigenvalue weighted by Gasteiger charge is 2.11. The molecule has 0 aromatic heterocycles. The molecule has 0 bridgehead atoms. The van der Waals surface area contributed by atoms with Crippen LogP contribution in [0.5, 0.6) is 17.2 Å². The highest BCUT2D eigenvalue weighted by Crippen LogP contribution is 2.33. The van der Waals surface area contributed by atoms with Gasteiger partial charge in [0.1, 0.15) is 17.2 Å². The third kappa shape index (κ3) is 2.09. The minimum absolute atomic E-state index is 0.110. The van der Waals surface area contributed by atoms with E-state index in [2.05, 4.69) is 0 Å². The van der Waals surface area contributed by atoms with Gasteiger partial charge < -0.3 is 19.3 Å². The molecule has 4 nitrogen and oxygen atoms in total. The molecule has 1 aromatic carbocycles. The van der Waals surface area contributed by atoms with Crippen LogP contribution in [0.3, 0.4) is 0 Å². The van der Waals surface area contributed by atoms with Crippen LogP contribution in [-0.4, -0.2) is 26.4 Å². The maximum atomic E-state index is 9.35.